The molecule has 10 aromatic rings. The first-order valence-electron chi connectivity index (χ1n) is 17.7. The van der Waals surface area contributed by atoms with E-state index in [4.69, 9.17) is 19.9 Å². The largest absolute Gasteiger partial charge is 0.284 e. The summed E-state index contributed by atoms with van der Waals surface area (Å²) in [4.78, 5) is 20.3. The molecular weight excluding hydrogens is 647 g/mol. The summed E-state index contributed by atoms with van der Waals surface area (Å²) in [6.07, 6.45) is 2.03. The lowest BCUT2D eigenvalue weighted by Gasteiger charge is -2.11. The maximum Gasteiger partial charge on any atom is 0.165 e. The van der Waals surface area contributed by atoms with Crippen LogP contribution in [0.3, 0.4) is 0 Å². The highest BCUT2D eigenvalue weighted by molar-refractivity contribution is 6.09. The monoisotopic (exact) mass is 677 g/mol. The third-order valence-corrected chi connectivity index (χ3v) is 9.86. The van der Waals surface area contributed by atoms with Crippen LogP contribution in [0.4, 0.5) is 0 Å². The minimum absolute atomic E-state index is 0.686. The molecule has 4 heterocycles. The summed E-state index contributed by atoms with van der Waals surface area (Å²) < 4.78 is 2.06. The molecule has 53 heavy (non-hydrogen) atoms. The Balaban J connectivity index is 1.02. The molecule has 0 aliphatic carbocycles. The fourth-order valence-electron chi connectivity index (χ4n) is 7.16. The number of pyridine rings is 2. The second-order valence-corrected chi connectivity index (χ2v) is 13.1. The standard InChI is InChI=1S/C48H31N5/c1-3-12-32(13-4-1)33-21-25-36(26-22-33)43-31-42(35-14-5-2-6-15-35)49-47(50-43)37-27-23-34(24-28-37)38-16-11-17-39(30-38)45-40-18-7-8-19-41(40)46-48(52-45)53-29-10-9-20-44(53)51-46/h1-31H. The van der Waals surface area contributed by atoms with Gasteiger partial charge in [-0.2, -0.15) is 0 Å². The molecule has 0 amide bonds. The van der Waals surface area contributed by atoms with E-state index in [9.17, 15) is 0 Å². The van der Waals surface area contributed by atoms with Crippen LogP contribution in [-0.4, -0.2) is 24.3 Å². The summed E-state index contributed by atoms with van der Waals surface area (Å²) in [5.74, 6) is 0.686. The van der Waals surface area contributed by atoms with E-state index in [0.29, 0.717) is 5.82 Å². The highest BCUT2D eigenvalue weighted by Gasteiger charge is 2.16. The molecular formula is C48H31N5. The second kappa shape index (κ2) is 12.8. The number of fused-ring (bicyclic) bond motifs is 5. The predicted molar refractivity (Wildman–Crippen MR) is 216 cm³/mol. The third kappa shape index (κ3) is 5.61. The molecule has 0 saturated heterocycles. The normalized spacial score (nSPS) is 11.4. The average molecular weight is 678 g/mol. The van der Waals surface area contributed by atoms with E-state index in [0.717, 1.165) is 78.0 Å². The summed E-state index contributed by atoms with van der Waals surface area (Å²) in [5.41, 5.74) is 14.0. The fraction of sp³-hybridized carbons (Fsp3) is 0. The Kier molecular flexibility index (Phi) is 7.40. The van der Waals surface area contributed by atoms with Crippen LogP contribution in [0.15, 0.2) is 188 Å². The molecule has 248 valence electrons. The highest BCUT2D eigenvalue weighted by Crippen LogP contribution is 2.35. The van der Waals surface area contributed by atoms with Gasteiger partial charge in [-0.1, -0.05) is 158 Å². The minimum Gasteiger partial charge on any atom is -0.284 e. The van der Waals surface area contributed by atoms with E-state index >= 15 is 0 Å². The lowest BCUT2D eigenvalue weighted by molar-refractivity contribution is 1.18. The summed E-state index contributed by atoms with van der Waals surface area (Å²) in [6, 6.07) is 63.0. The number of hydrogen-bond acceptors (Lipinski definition) is 4. The van der Waals surface area contributed by atoms with Crippen LogP contribution in [0.1, 0.15) is 0 Å². The predicted octanol–water partition coefficient (Wildman–Crippen LogP) is 11.8. The van der Waals surface area contributed by atoms with Crippen LogP contribution < -0.4 is 0 Å². The van der Waals surface area contributed by atoms with Crippen molar-refractivity contribution in [1.29, 1.82) is 0 Å². The zero-order valence-corrected chi connectivity index (χ0v) is 28.6. The third-order valence-electron chi connectivity index (χ3n) is 9.86. The van der Waals surface area contributed by atoms with Crippen LogP contribution in [0.2, 0.25) is 0 Å². The molecule has 5 nitrogen and oxygen atoms in total. The quantitative estimate of drug-likeness (QED) is 0.176. The van der Waals surface area contributed by atoms with Gasteiger partial charge in [0.15, 0.2) is 11.5 Å². The molecule has 10 rings (SSSR count). The number of imidazole rings is 1. The van der Waals surface area contributed by atoms with Crippen LogP contribution in [0.25, 0.3) is 95.0 Å². The Morgan fingerprint density at radius 3 is 1.60 bits per heavy atom. The minimum atomic E-state index is 0.686. The van der Waals surface area contributed by atoms with E-state index in [-0.39, 0.29) is 0 Å². The van der Waals surface area contributed by atoms with Crippen molar-refractivity contribution in [2.45, 2.75) is 0 Å². The summed E-state index contributed by atoms with van der Waals surface area (Å²) in [7, 11) is 0. The van der Waals surface area contributed by atoms with Crippen molar-refractivity contribution in [3.8, 4) is 67.4 Å². The van der Waals surface area contributed by atoms with Gasteiger partial charge in [-0.3, -0.25) is 4.40 Å². The van der Waals surface area contributed by atoms with Crippen LogP contribution in [0.5, 0.6) is 0 Å². The van der Waals surface area contributed by atoms with E-state index in [1.165, 1.54) is 11.1 Å². The van der Waals surface area contributed by atoms with Gasteiger partial charge in [-0.25, -0.2) is 19.9 Å². The lowest BCUT2D eigenvalue weighted by atomic mass is 9.98. The van der Waals surface area contributed by atoms with Crippen LogP contribution >= 0.6 is 0 Å². The van der Waals surface area contributed by atoms with Crippen LogP contribution in [0, 0.1) is 0 Å². The number of benzene rings is 6. The van der Waals surface area contributed by atoms with Gasteiger partial charge in [0.1, 0.15) is 11.2 Å². The molecule has 0 spiro atoms. The molecule has 0 fully saturated rings. The Morgan fingerprint density at radius 2 is 0.868 bits per heavy atom. The second-order valence-electron chi connectivity index (χ2n) is 13.1. The molecule has 0 aliphatic heterocycles. The van der Waals surface area contributed by atoms with Crippen molar-refractivity contribution < 1.29 is 0 Å². The fourth-order valence-corrected chi connectivity index (χ4v) is 7.16. The van der Waals surface area contributed by atoms with Crippen molar-refractivity contribution in [2.75, 3.05) is 0 Å². The Labute approximate surface area is 306 Å². The SMILES string of the molecule is c1ccc(-c2ccc(-c3cc(-c4ccccc4)nc(-c4ccc(-c5cccc(-c6nc7c(nc8ccccn87)c7ccccc67)c5)cc4)n3)cc2)cc1. The maximum atomic E-state index is 5.22. The van der Waals surface area contributed by atoms with Gasteiger partial charge >= 0.3 is 0 Å². The van der Waals surface area contributed by atoms with Crippen molar-refractivity contribution >= 4 is 27.6 Å². The summed E-state index contributed by atoms with van der Waals surface area (Å²) in [5, 5.41) is 2.17. The molecule has 0 atom stereocenters. The highest BCUT2D eigenvalue weighted by atomic mass is 15.1. The molecule has 0 N–H and O–H groups in total. The molecule has 6 aromatic carbocycles. The molecule has 0 saturated carbocycles. The zero-order chi connectivity index (χ0) is 35.1. The number of aromatic nitrogens is 5. The van der Waals surface area contributed by atoms with Gasteiger partial charge in [0.2, 0.25) is 0 Å². The maximum absolute atomic E-state index is 5.22. The molecule has 4 aromatic heterocycles. The van der Waals surface area contributed by atoms with Crippen molar-refractivity contribution in [2.24, 2.45) is 0 Å². The Bertz CT molecular complexity index is 2920. The number of hydrogen-bond donors (Lipinski definition) is 0. The van der Waals surface area contributed by atoms with E-state index < -0.39 is 0 Å². The molecule has 0 radical (unpaired) electrons. The number of nitrogens with zero attached hydrogens (tertiary/aromatic N) is 5. The molecule has 5 heteroatoms. The molecule has 0 aliphatic rings. The Hall–Kier alpha value is -7.24. The van der Waals surface area contributed by atoms with Gasteiger partial charge in [-0.15, -0.1) is 0 Å². The average Bonchev–Trinajstić information content (AvgIpc) is 3.63. The van der Waals surface area contributed by atoms with Gasteiger partial charge < -0.3 is 0 Å². The smallest absolute Gasteiger partial charge is 0.165 e. The zero-order valence-electron chi connectivity index (χ0n) is 28.6. The topological polar surface area (TPSA) is 56.0 Å². The van der Waals surface area contributed by atoms with Gasteiger partial charge in [0.25, 0.3) is 0 Å². The lowest BCUT2D eigenvalue weighted by Crippen LogP contribution is -1.96. The first-order chi connectivity index (χ1) is 26.2. The summed E-state index contributed by atoms with van der Waals surface area (Å²) in [6.45, 7) is 0. The van der Waals surface area contributed by atoms with Crippen molar-refractivity contribution in [3.63, 3.8) is 0 Å². The molecule has 0 bridgehead atoms. The van der Waals surface area contributed by atoms with Crippen LogP contribution in [-0.2, 0) is 0 Å². The molecule has 0 unspecified atom stereocenters. The van der Waals surface area contributed by atoms with E-state index in [1.54, 1.807) is 0 Å². The van der Waals surface area contributed by atoms with E-state index in [1.807, 2.05) is 48.7 Å². The van der Waals surface area contributed by atoms with Gasteiger partial charge in [-0.05, 0) is 46.5 Å². The van der Waals surface area contributed by atoms with E-state index in [2.05, 4.69) is 144 Å². The van der Waals surface area contributed by atoms with Crippen molar-refractivity contribution in [1.82, 2.24) is 24.3 Å². The first kappa shape index (κ1) is 30.6. The Morgan fingerprint density at radius 1 is 0.340 bits per heavy atom. The number of rotatable bonds is 6. The van der Waals surface area contributed by atoms with Gasteiger partial charge in [0, 0.05) is 39.2 Å². The van der Waals surface area contributed by atoms with Crippen molar-refractivity contribution in [3.05, 3.63) is 188 Å². The first-order valence-corrected chi connectivity index (χ1v) is 17.7. The summed E-state index contributed by atoms with van der Waals surface area (Å²) >= 11 is 0. The van der Waals surface area contributed by atoms with Gasteiger partial charge in [0.05, 0.1) is 17.1 Å².